The molecule has 178 valence electrons. The summed E-state index contributed by atoms with van der Waals surface area (Å²) in [7, 11) is -4.09. The van der Waals surface area contributed by atoms with Gasteiger partial charge in [-0.1, -0.05) is 35.9 Å². The number of benzene rings is 3. The number of sulfonamides is 1. The molecule has 0 bridgehead atoms. The Morgan fingerprint density at radius 3 is 2.32 bits per heavy atom. The number of hydrogen-bond donors (Lipinski definition) is 1. The molecule has 1 N–H and O–H groups in total. The number of non-ortho nitro benzene ring substituents is 1. The lowest BCUT2D eigenvalue weighted by Crippen LogP contribution is -2.41. The number of carbonyl (C=O) groups is 1. The van der Waals surface area contributed by atoms with E-state index in [9.17, 15) is 23.3 Å². The van der Waals surface area contributed by atoms with E-state index in [2.05, 4.69) is 5.32 Å². The molecule has 3 aromatic carbocycles. The van der Waals surface area contributed by atoms with Gasteiger partial charge in [0.2, 0.25) is 5.91 Å². The highest BCUT2D eigenvalue weighted by atomic mass is 32.2. The van der Waals surface area contributed by atoms with Crippen molar-refractivity contribution in [1.29, 1.82) is 0 Å². The van der Waals surface area contributed by atoms with Gasteiger partial charge in [0, 0.05) is 12.1 Å². The maximum absolute atomic E-state index is 13.3. The number of nitro benzene ring substituents is 1. The van der Waals surface area contributed by atoms with Gasteiger partial charge in [-0.3, -0.25) is 19.2 Å². The van der Waals surface area contributed by atoms with Crippen LogP contribution in [0.3, 0.4) is 0 Å². The van der Waals surface area contributed by atoms with Crippen LogP contribution in [-0.4, -0.2) is 38.9 Å². The minimum absolute atomic E-state index is 0.000618. The summed E-state index contributed by atoms with van der Waals surface area (Å²) in [4.78, 5) is 23.0. The number of ether oxygens (including phenoxy) is 1. The van der Waals surface area contributed by atoms with Gasteiger partial charge >= 0.3 is 0 Å². The van der Waals surface area contributed by atoms with Crippen LogP contribution in [0.5, 0.6) is 5.75 Å². The minimum atomic E-state index is -4.09. The van der Waals surface area contributed by atoms with Crippen molar-refractivity contribution in [2.75, 3.05) is 24.0 Å². The Kier molecular flexibility index (Phi) is 7.85. The van der Waals surface area contributed by atoms with Crippen LogP contribution in [0.1, 0.15) is 11.1 Å². The summed E-state index contributed by atoms with van der Waals surface area (Å²) in [6, 6.07) is 18.4. The molecule has 34 heavy (non-hydrogen) atoms. The Morgan fingerprint density at radius 2 is 1.71 bits per heavy atom. The fourth-order valence-corrected chi connectivity index (χ4v) is 4.72. The molecule has 0 aliphatic carbocycles. The van der Waals surface area contributed by atoms with Crippen molar-refractivity contribution in [3.8, 4) is 5.75 Å². The van der Waals surface area contributed by atoms with Crippen molar-refractivity contribution < 1.29 is 22.9 Å². The van der Waals surface area contributed by atoms with Crippen molar-refractivity contribution >= 4 is 27.3 Å². The van der Waals surface area contributed by atoms with Crippen LogP contribution in [0.2, 0.25) is 0 Å². The molecule has 0 spiro atoms. The average Bonchev–Trinajstić information content (AvgIpc) is 2.82. The Bertz CT molecular complexity index is 1260. The normalized spacial score (nSPS) is 11.0. The van der Waals surface area contributed by atoms with Gasteiger partial charge in [-0.2, -0.15) is 0 Å². The summed E-state index contributed by atoms with van der Waals surface area (Å²) in [5.74, 6) is 0.168. The lowest BCUT2D eigenvalue weighted by atomic mass is 10.1. The van der Waals surface area contributed by atoms with Gasteiger partial charge in [0.05, 0.1) is 22.1 Å². The zero-order valence-electron chi connectivity index (χ0n) is 18.8. The first kappa shape index (κ1) is 24.7. The minimum Gasteiger partial charge on any atom is -0.491 e. The molecule has 3 aromatic rings. The van der Waals surface area contributed by atoms with E-state index in [1.165, 1.54) is 36.4 Å². The van der Waals surface area contributed by atoms with Crippen molar-refractivity contribution in [3.05, 3.63) is 94.0 Å². The number of aryl methyl sites for hydroxylation is 2. The van der Waals surface area contributed by atoms with Crippen LogP contribution in [0, 0.1) is 24.0 Å². The van der Waals surface area contributed by atoms with Crippen LogP contribution in [-0.2, 0) is 14.8 Å². The molecule has 0 saturated heterocycles. The highest BCUT2D eigenvalue weighted by Gasteiger charge is 2.27. The standard InChI is InChI=1S/C24H25N3O6S/c1-18-8-13-23(19(2)16-18)33-15-14-25-24(28)17-26(20-9-11-21(12-10-20)27(29)30)34(31,32)22-6-4-3-5-7-22/h3-13,16H,14-15,17H2,1-2H3,(H,25,28). The number of nitro groups is 1. The van der Waals surface area contributed by atoms with E-state index in [-0.39, 0.29) is 29.4 Å². The zero-order valence-corrected chi connectivity index (χ0v) is 19.6. The van der Waals surface area contributed by atoms with Gasteiger partial charge in [0.15, 0.2) is 0 Å². The van der Waals surface area contributed by atoms with Crippen molar-refractivity contribution in [3.63, 3.8) is 0 Å². The highest BCUT2D eigenvalue weighted by Crippen LogP contribution is 2.25. The van der Waals surface area contributed by atoms with Crippen molar-refractivity contribution in [2.45, 2.75) is 18.7 Å². The van der Waals surface area contributed by atoms with E-state index in [4.69, 9.17) is 4.74 Å². The summed E-state index contributed by atoms with van der Waals surface area (Å²) in [5.41, 5.74) is 2.04. The number of anilines is 1. The predicted octanol–water partition coefficient (Wildman–Crippen LogP) is 3.60. The number of amides is 1. The van der Waals surface area contributed by atoms with E-state index < -0.39 is 27.4 Å². The maximum Gasteiger partial charge on any atom is 0.269 e. The Morgan fingerprint density at radius 1 is 1.03 bits per heavy atom. The molecule has 0 atom stereocenters. The summed E-state index contributed by atoms with van der Waals surface area (Å²) >= 11 is 0. The first-order chi connectivity index (χ1) is 16.2. The average molecular weight is 484 g/mol. The van der Waals surface area contributed by atoms with E-state index in [1.54, 1.807) is 18.2 Å². The Hall–Kier alpha value is -3.92. The summed E-state index contributed by atoms with van der Waals surface area (Å²) in [6.07, 6.45) is 0. The molecule has 0 radical (unpaired) electrons. The van der Waals surface area contributed by atoms with E-state index in [0.717, 1.165) is 15.4 Å². The molecule has 0 aliphatic heterocycles. The molecule has 1 amide bonds. The van der Waals surface area contributed by atoms with Crippen LogP contribution < -0.4 is 14.4 Å². The monoisotopic (exact) mass is 483 g/mol. The second-order valence-electron chi connectivity index (χ2n) is 7.57. The summed E-state index contributed by atoms with van der Waals surface area (Å²) < 4.78 is 33.1. The third kappa shape index (κ3) is 6.10. The van der Waals surface area contributed by atoms with Crippen LogP contribution in [0.4, 0.5) is 11.4 Å². The fraction of sp³-hybridized carbons (Fsp3) is 0.208. The SMILES string of the molecule is Cc1ccc(OCCNC(=O)CN(c2ccc([N+](=O)[O-])cc2)S(=O)(=O)c2ccccc2)c(C)c1. The largest absolute Gasteiger partial charge is 0.491 e. The Labute approximate surface area is 198 Å². The van der Waals surface area contributed by atoms with Gasteiger partial charge in [0.25, 0.3) is 15.7 Å². The number of hydrogen-bond acceptors (Lipinski definition) is 6. The van der Waals surface area contributed by atoms with Crippen LogP contribution in [0.25, 0.3) is 0 Å². The lowest BCUT2D eigenvalue weighted by Gasteiger charge is -2.24. The smallest absolute Gasteiger partial charge is 0.269 e. The first-order valence-corrected chi connectivity index (χ1v) is 11.9. The molecule has 0 fully saturated rings. The summed E-state index contributed by atoms with van der Waals surface area (Å²) in [5, 5.41) is 13.6. The number of rotatable bonds is 10. The van der Waals surface area contributed by atoms with Gasteiger partial charge in [0.1, 0.15) is 18.9 Å². The molecule has 3 rings (SSSR count). The quantitative estimate of drug-likeness (QED) is 0.267. The molecule has 0 heterocycles. The van der Waals surface area contributed by atoms with Crippen molar-refractivity contribution in [1.82, 2.24) is 5.32 Å². The maximum atomic E-state index is 13.3. The molecule has 0 aromatic heterocycles. The number of nitrogens with zero attached hydrogens (tertiary/aromatic N) is 2. The molecule has 0 unspecified atom stereocenters. The molecule has 0 saturated carbocycles. The topological polar surface area (TPSA) is 119 Å². The van der Waals surface area contributed by atoms with E-state index in [0.29, 0.717) is 5.75 Å². The third-order valence-corrected chi connectivity index (χ3v) is 6.77. The summed E-state index contributed by atoms with van der Waals surface area (Å²) in [6.45, 7) is 3.79. The predicted molar refractivity (Wildman–Crippen MR) is 128 cm³/mol. The Balaban J connectivity index is 1.72. The lowest BCUT2D eigenvalue weighted by molar-refractivity contribution is -0.384. The van der Waals surface area contributed by atoms with Gasteiger partial charge < -0.3 is 10.1 Å². The highest BCUT2D eigenvalue weighted by molar-refractivity contribution is 7.92. The fourth-order valence-electron chi connectivity index (χ4n) is 3.27. The molecule has 10 heteroatoms. The molecular formula is C24H25N3O6S. The van der Waals surface area contributed by atoms with Gasteiger partial charge in [-0.05, 0) is 49.7 Å². The molecular weight excluding hydrogens is 458 g/mol. The number of carbonyl (C=O) groups excluding carboxylic acids is 1. The molecule has 0 aliphatic rings. The van der Waals surface area contributed by atoms with Crippen LogP contribution >= 0.6 is 0 Å². The third-order valence-electron chi connectivity index (χ3n) is 4.98. The second kappa shape index (κ2) is 10.8. The molecule has 9 nitrogen and oxygen atoms in total. The van der Waals surface area contributed by atoms with E-state index in [1.807, 2.05) is 32.0 Å². The van der Waals surface area contributed by atoms with Crippen molar-refractivity contribution in [2.24, 2.45) is 0 Å². The second-order valence-corrected chi connectivity index (χ2v) is 9.43. The zero-order chi connectivity index (χ0) is 24.7. The van der Waals surface area contributed by atoms with Gasteiger partial charge in [-0.25, -0.2) is 8.42 Å². The van der Waals surface area contributed by atoms with E-state index >= 15 is 0 Å². The number of nitrogens with one attached hydrogen (secondary N) is 1. The first-order valence-electron chi connectivity index (χ1n) is 10.5. The van der Waals surface area contributed by atoms with Gasteiger partial charge in [-0.15, -0.1) is 0 Å². The van der Waals surface area contributed by atoms with Crippen LogP contribution in [0.15, 0.2) is 77.7 Å².